The van der Waals surface area contributed by atoms with Gasteiger partial charge < -0.3 is 14.7 Å². The highest BCUT2D eigenvalue weighted by atomic mass is 16.6. The summed E-state index contributed by atoms with van der Waals surface area (Å²) >= 11 is 0. The summed E-state index contributed by atoms with van der Waals surface area (Å²) < 4.78 is 4.83. The number of nitrogens with zero attached hydrogens (tertiary/aromatic N) is 2. The molecule has 1 heterocycles. The fourth-order valence-electron chi connectivity index (χ4n) is 3.97. The molecule has 3 aromatic carbocycles. The lowest BCUT2D eigenvalue weighted by molar-refractivity contribution is -0.384. The van der Waals surface area contributed by atoms with E-state index in [2.05, 4.69) is 4.90 Å². The van der Waals surface area contributed by atoms with E-state index in [-0.39, 0.29) is 17.0 Å². The first kappa shape index (κ1) is 18.7. The van der Waals surface area contributed by atoms with Crippen LogP contribution >= 0.6 is 0 Å². The lowest BCUT2D eigenvalue weighted by Crippen LogP contribution is -2.29. The molecular formula is C22H20N2O5. The molecule has 0 saturated heterocycles. The molecule has 0 fully saturated rings. The smallest absolute Gasteiger partial charge is 0.341 e. The monoisotopic (exact) mass is 392 g/mol. The number of ether oxygens (including phenoxy) is 1. The summed E-state index contributed by atoms with van der Waals surface area (Å²) in [6.07, 6.45) is 1.62. The van der Waals surface area contributed by atoms with Crippen molar-refractivity contribution < 1.29 is 19.6 Å². The maximum Gasteiger partial charge on any atom is 0.341 e. The third kappa shape index (κ3) is 3.35. The third-order valence-corrected chi connectivity index (χ3v) is 5.37. The van der Waals surface area contributed by atoms with E-state index < -0.39 is 10.9 Å². The molecule has 1 aliphatic heterocycles. The van der Waals surface area contributed by atoms with Gasteiger partial charge in [0.1, 0.15) is 11.3 Å². The summed E-state index contributed by atoms with van der Waals surface area (Å²) in [5, 5.41) is 23.7. The van der Waals surface area contributed by atoms with Gasteiger partial charge in [0.2, 0.25) is 0 Å². The van der Waals surface area contributed by atoms with Crippen molar-refractivity contribution in [3.05, 3.63) is 75.3 Å². The van der Waals surface area contributed by atoms with Crippen LogP contribution in [0, 0.1) is 10.1 Å². The minimum absolute atomic E-state index is 0.0755. The summed E-state index contributed by atoms with van der Waals surface area (Å²) in [5.74, 6) is -0.686. The summed E-state index contributed by atoms with van der Waals surface area (Å²) in [6, 6.07) is 14.1. The number of phenols is 1. The minimum Gasteiger partial charge on any atom is -0.507 e. The average molecular weight is 392 g/mol. The zero-order valence-corrected chi connectivity index (χ0v) is 15.9. The molecule has 0 amide bonds. The normalized spacial score (nSPS) is 13.2. The van der Waals surface area contributed by atoms with Crippen molar-refractivity contribution in [1.29, 1.82) is 0 Å². The molecule has 1 N–H and O–H groups in total. The molecule has 0 unspecified atom stereocenters. The van der Waals surface area contributed by atoms with Gasteiger partial charge in [-0.15, -0.1) is 0 Å². The Hall–Kier alpha value is -3.61. The van der Waals surface area contributed by atoms with Gasteiger partial charge in [-0.05, 0) is 41.3 Å². The number of anilines is 1. The zero-order valence-electron chi connectivity index (χ0n) is 15.9. The molecule has 29 heavy (non-hydrogen) atoms. The van der Waals surface area contributed by atoms with Crippen molar-refractivity contribution in [1.82, 2.24) is 0 Å². The van der Waals surface area contributed by atoms with Gasteiger partial charge in [-0.1, -0.05) is 24.3 Å². The van der Waals surface area contributed by atoms with Gasteiger partial charge in [0.05, 0.1) is 12.0 Å². The molecule has 7 nitrogen and oxygen atoms in total. The second kappa shape index (κ2) is 7.43. The topological polar surface area (TPSA) is 92.9 Å². The number of hydrogen-bond acceptors (Lipinski definition) is 6. The van der Waals surface area contributed by atoms with Crippen LogP contribution in [-0.2, 0) is 17.7 Å². The molecule has 0 saturated carbocycles. The number of methoxy groups -OCH3 is 1. The maximum absolute atomic E-state index is 12.2. The molecule has 7 heteroatoms. The number of esters is 1. The number of rotatable bonds is 4. The van der Waals surface area contributed by atoms with Gasteiger partial charge in [0.25, 0.3) is 5.69 Å². The van der Waals surface area contributed by atoms with Gasteiger partial charge in [-0.2, -0.15) is 0 Å². The minimum atomic E-state index is -0.593. The molecule has 0 spiro atoms. The number of aryl methyl sites for hydroxylation is 1. The first-order valence-electron chi connectivity index (χ1n) is 9.33. The van der Waals surface area contributed by atoms with Crippen LogP contribution in [0.3, 0.4) is 0 Å². The molecule has 3 aromatic rings. The van der Waals surface area contributed by atoms with Crippen LogP contribution in [-0.4, -0.2) is 29.7 Å². The van der Waals surface area contributed by atoms with Crippen molar-refractivity contribution in [3.63, 3.8) is 0 Å². The summed E-state index contributed by atoms with van der Waals surface area (Å²) in [6.45, 7) is 1.13. The highest BCUT2D eigenvalue weighted by Crippen LogP contribution is 2.36. The molecule has 1 aliphatic rings. The maximum atomic E-state index is 12.2. The molecule has 4 rings (SSSR count). The van der Waals surface area contributed by atoms with E-state index in [9.17, 15) is 20.0 Å². The summed E-state index contributed by atoms with van der Waals surface area (Å²) in [5.41, 5.74) is 2.66. The number of hydrogen-bond donors (Lipinski definition) is 1. The predicted octanol–water partition coefficient (Wildman–Crippen LogP) is 4.19. The molecule has 148 valence electrons. The van der Waals surface area contributed by atoms with Crippen LogP contribution in [0.4, 0.5) is 11.4 Å². The van der Waals surface area contributed by atoms with Crippen LogP contribution < -0.4 is 4.90 Å². The number of carbonyl (C=O) groups excluding carboxylic acids is 1. The lowest BCUT2D eigenvalue weighted by Gasteiger charge is -2.32. The fourth-order valence-corrected chi connectivity index (χ4v) is 3.97. The van der Waals surface area contributed by atoms with E-state index in [1.807, 2.05) is 24.3 Å². The quantitative estimate of drug-likeness (QED) is 0.406. The molecule has 0 aliphatic carbocycles. The number of carbonyl (C=O) groups is 1. The molecule has 0 atom stereocenters. The largest absolute Gasteiger partial charge is 0.507 e. The fraction of sp³-hybridized carbons (Fsp3) is 0.227. The van der Waals surface area contributed by atoms with E-state index in [1.165, 1.54) is 13.2 Å². The van der Waals surface area contributed by atoms with Crippen LogP contribution in [0.5, 0.6) is 5.75 Å². The number of phenolic OH excluding ortho intramolecular Hbond substituents is 1. The van der Waals surface area contributed by atoms with Crippen molar-refractivity contribution in [2.75, 3.05) is 18.6 Å². The highest BCUT2D eigenvalue weighted by Gasteiger charge is 2.24. The van der Waals surface area contributed by atoms with Crippen molar-refractivity contribution in [2.45, 2.75) is 19.4 Å². The average Bonchev–Trinajstić information content (AvgIpc) is 2.74. The first-order chi connectivity index (χ1) is 14.0. The van der Waals surface area contributed by atoms with E-state index in [4.69, 9.17) is 4.74 Å². The van der Waals surface area contributed by atoms with Gasteiger partial charge in [-0.25, -0.2) is 4.79 Å². The van der Waals surface area contributed by atoms with E-state index in [0.29, 0.717) is 12.1 Å². The van der Waals surface area contributed by atoms with Crippen molar-refractivity contribution in [2.24, 2.45) is 0 Å². The Morgan fingerprint density at radius 1 is 1.24 bits per heavy atom. The Morgan fingerprint density at radius 3 is 2.79 bits per heavy atom. The van der Waals surface area contributed by atoms with Crippen molar-refractivity contribution >= 4 is 28.1 Å². The Labute approximate surface area is 167 Å². The third-order valence-electron chi connectivity index (χ3n) is 5.37. The second-order valence-electron chi connectivity index (χ2n) is 7.06. The number of fused-ring (bicyclic) bond motifs is 2. The number of nitro benzene ring substituents is 1. The first-order valence-corrected chi connectivity index (χ1v) is 9.33. The van der Waals surface area contributed by atoms with Crippen molar-refractivity contribution in [3.8, 4) is 5.75 Å². The lowest BCUT2D eigenvalue weighted by atomic mass is 9.96. The number of aromatic hydroxyl groups is 1. The molecule has 0 aromatic heterocycles. The van der Waals surface area contributed by atoms with E-state index in [0.717, 1.165) is 41.4 Å². The predicted molar refractivity (Wildman–Crippen MR) is 109 cm³/mol. The van der Waals surface area contributed by atoms with Crippen LogP contribution in [0.1, 0.15) is 27.9 Å². The number of nitro groups is 1. The number of benzene rings is 3. The second-order valence-corrected chi connectivity index (χ2v) is 7.06. The van der Waals surface area contributed by atoms with Crippen LogP contribution in [0.2, 0.25) is 0 Å². The SMILES string of the molecule is COC(=O)c1cc2ccccc2c(CN2CCCc3cc([N+](=O)[O-])ccc32)c1O. The van der Waals surface area contributed by atoms with E-state index in [1.54, 1.807) is 18.2 Å². The molecule has 0 radical (unpaired) electrons. The summed E-state index contributed by atoms with van der Waals surface area (Å²) in [7, 11) is 1.28. The highest BCUT2D eigenvalue weighted by molar-refractivity contribution is 6.00. The Bertz CT molecular complexity index is 1130. The van der Waals surface area contributed by atoms with Crippen LogP contribution in [0.15, 0.2) is 48.5 Å². The Balaban J connectivity index is 1.80. The summed E-state index contributed by atoms with van der Waals surface area (Å²) in [4.78, 5) is 25.0. The van der Waals surface area contributed by atoms with Crippen LogP contribution in [0.25, 0.3) is 10.8 Å². The van der Waals surface area contributed by atoms with Gasteiger partial charge in [-0.3, -0.25) is 10.1 Å². The van der Waals surface area contributed by atoms with Gasteiger partial charge in [0, 0.05) is 36.5 Å². The van der Waals surface area contributed by atoms with Gasteiger partial charge >= 0.3 is 5.97 Å². The Morgan fingerprint density at radius 2 is 2.03 bits per heavy atom. The zero-order chi connectivity index (χ0) is 20.5. The standard InChI is InChI=1S/C22H20N2O5/c1-29-22(26)18-12-14-5-2-3-7-17(14)19(21(18)25)13-23-10-4-6-15-11-16(24(27)28)8-9-20(15)23/h2-3,5,7-9,11-12,25H,4,6,10,13H2,1H3. The Kier molecular flexibility index (Phi) is 4.80. The molecule has 0 bridgehead atoms. The molecular weight excluding hydrogens is 372 g/mol. The van der Waals surface area contributed by atoms with Gasteiger partial charge in [0.15, 0.2) is 0 Å². The number of non-ortho nitro benzene ring substituents is 1. The van der Waals surface area contributed by atoms with E-state index >= 15 is 0 Å².